The van der Waals surface area contributed by atoms with Crippen molar-refractivity contribution < 1.29 is 17.2 Å². The van der Waals surface area contributed by atoms with Crippen molar-refractivity contribution in [2.45, 2.75) is 30.3 Å². The molecule has 1 saturated carbocycles. The molecule has 6 nitrogen and oxygen atoms in total. The van der Waals surface area contributed by atoms with Crippen LogP contribution in [0, 0.1) is 5.82 Å². The standard InChI is InChI=1S/C18H15ClFN3O3S/c19-13-3-1-12(2-4-13)18-22-21-17(26-18)11-23(15-7-8-15)27(24,25)16-9-5-14(20)6-10-16/h1-6,9-10,15H,7-8,11H2. The largest absolute Gasteiger partial charge is 0.419 e. The lowest BCUT2D eigenvalue weighted by atomic mass is 10.2. The van der Waals surface area contributed by atoms with E-state index in [-0.39, 0.29) is 29.3 Å². The number of halogens is 2. The van der Waals surface area contributed by atoms with Crippen LogP contribution < -0.4 is 0 Å². The zero-order valence-electron chi connectivity index (χ0n) is 14.0. The van der Waals surface area contributed by atoms with Crippen molar-refractivity contribution in [3.05, 3.63) is 65.3 Å². The summed E-state index contributed by atoms with van der Waals surface area (Å²) in [5.74, 6) is -0.00874. The average molecular weight is 408 g/mol. The highest BCUT2D eigenvalue weighted by molar-refractivity contribution is 7.89. The minimum absolute atomic E-state index is 0.0354. The molecular weight excluding hydrogens is 393 g/mol. The van der Waals surface area contributed by atoms with Gasteiger partial charge in [-0.3, -0.25) is 0 Å². The lowest BCUT2D eigenvalue weighted by molar-refractivity contribution is 0.351. The zero-order valence-corrected chi connectivity index (χ0v) is 15.6. The van der Waals surface area contributed by atoms with E-state index in [2.05, 4.69) is 10.2 Å². The Morgan fingerprint density at radius 1 is 1.07 bits per heavy atom. The van der Waals surface area contributed by atoms with Crippen LogP contribution in [0.5, 0.6) is 0 Å². The van der Waals surface area contributed by atoms with Gasteiger partial charge in [-0.15, -0.1) is 10.2 Å². The highest BCUT2D eigenvalue weighted by Gasteiger charge is 2.39. The maximum Gasteiger partial charge on any atom is 0.247 e. The quantitative estimate of drug-likeness (QED) is 0.619. The van der Waals surface area contributed by atoms with E-state index in [1.54, 1.807) is 24.3 Å². The van der Waals surface area contributed by atoms with E-state index < -0.39 is 15.8 Å². The third-order valence-electron chi connectivity index (χ3n) is 4.22. The molecule has 0 saturated heterocycles. The summed E-state index contributed by atoms with van der Waals surface area (Å²) in [4.78, 5) is 0.0354. The molecule has 9 heteroatoms. The van der Waals surface area contributed by atoms with Crippen LogP contribution >= 0.6 is 11.6 Å². The Morgan fingerprint density at radius 2 is 1.74 bits per heavy atom. The predicted octanol–water partition coefficient (Wildman–Crippen LogP) is 3.88. The van der Waals surface area contributed by atoms with Crippen molar-refractivity contribution in [3.63, 3.8) is 0 Å². The first kappa shape index (κ1) is 18.1. The molecule has 0 spiro atoms. The van der Waals surface area contributed by atoms with Crippen LogP contribution in [0.3, 0.4) is 0 Å². The number of sulfonamides is 1. The van der Waals surface area contributed by atoms with Gasteiger partial charge in [0.25, 0.3) is 0 Å². The first-order valence-corrected chi connectivity index (χ1v) is 10.1. The van der Waals surface area contributed by atoms with Gasteiger partial charge in [0, 0.05) is 16.6 Å². The molecule has 2 aromatic carbocycles. The second-order valence-electron chi connectivity index (χ2n) is 6.24. The van der Waals surface area contributed by atoms with Crippen LogP contribution in [-0.4, -0.2) is 29.0 Å². The van der Waals surface area contributed by atoms with Crippen LogP contribution in [0.15, 0.2) is 57.8 Å². The maximum atomic E-state index is 13.1. The van der Waals surface area contributed by atoms with E-state index in [1.807, 2.05) is 0 Å². The normalized spacial score (nSPS) is 14.6. The summed E-state index contributed by atoms with van der Waals surface area (Å²) in [6.45, 7) is -0.0367. The summed E-state index contributed by atoms with van der Waals surface area (Å²) in [6, 6.07) is 11.5. The molecule has 1 fully saturated rings. The number of rotatable bonds is 6. The molecule has 140 valence electrons. The first-order valence-electron chi connectivity index (χ1n) is 8.29. The van der Waals surface area contributed by atoms with Crippen LogP contribution in [0.25, 0.3) is 11.5 Å². The number of benzene rings is 2. The number of nitrogens with zero attached hydrogens (tertiary/aromatic N) is 3. The Kier molecular flexibility index (Phi) is 4.71. The molecule has 1 aliphatic carbocycles. The molecule has 0 aliphatic heterocycles. The lowest BCUT2D eigenvalue weighted by Gasteiger charge is -2.20. The zero-order chi connectivity index (χ0) is 19.0. The average Bonchev–Trinajstić information content (AvgIpc) is 3.38. The molecule has 27 heavy (non-hydrogen) atoms. The number of hydrogen-bond donors (Lipinski definition) is 0. The van der Waals surface area contributed by atoms with Gasteiger partial charge in [0.05, 0.1) is 11.4 Å². The molecule has 0 radical (unpaired) electrons. The van der Waals surface area contributed by atoms with Crippen molar-refractivity contribution in [1.29, 1.82) is 0 Å². The lowest BCUT2D eigenvalue weighted by Crippen LogP contribution is -2.32. The molecule has 0 unspecified atom stereocenters. The third kappa shape index (κ3) is 3.87. The van der Waals surface area contributed by atoms with Crippen molar-refractivity contribution in [2.24, 2.45) is 0 Å². The maximum absolute atomic E-state index is 13.1. The Labute approximate surface area is 160 Å². The molecule has 0 N–H and O–H groups in total. The minimum Gasteiger partial charge on any atom is -0.419 e. The van der Waals surface area contributed by atoms with Crippen LogP contribution in [-0.2, 0) is 16.6 Å². The second kappa shape index (κ2) is 7.03. The smallest absolute Gasteiger partial charge is 0.247 e. The van der Waals surface area contributed by atoms with Gasteiger partial charge in [0.2, 0.25) is 21.8 Å². The molecule has 1 aliphatic rings. The molecule has 0 atom stereocenters. The highest BCUT2D eigenvalue weighted by Crippen LogP contribution is 2.33. The summed E-state index contributed by atoms with van der Waals surface area (Å²) in [7, 11) is -3.79. The summed E-state index contributed by atoms with van der Waals surface area (Å²) in [5, 5.41) is 8.54. The van der Waals surface area contributed by atoms with Crippen molar-refractivity contribution in [3.8, 4) is 11.5 Å². The summed E-state index contributed by atoms with van der Waals surface area (Å²) in [6.07, 6.45) is 1.53. The summed E-state index contributed by atoms with van der Waals surface area (Å²) < 4.78 is 46.0. The molecule has 3 aromatic rings. The Morgan fingerprint density at radius 3 is 2.37 bits per heavy atom. The first-order chi connectivity index (χ1) is 12.9. The van der Waals surface area contributed by atoms with Gasteiger partial charge in [-0.2, -0.15) is 4.31 Å². The van der Waals surface area contributed by atoms with E-state index in [9.17, 15) is 12.8 Å². The Hall–Kier alpha value is -2.29. The van der Waals surface area contributed by atoms with Gasteiger partial charge in [0.1, 0.15) is 5.82 Å². The summed E-state index contributed by atoms with van der Waals surface area (Å²) >= 11 is 5.87. The number of hydrogen-bond acceptors (Lipinski definition) is 5. The third-order valence-corrected chi connectivity index (χ3v) is 6.39. The second-order valence-corrected chi connectivity index (χ2v) is 8.57. The van der Waals surface area contributed by atoms with Gasteiger partial charge in [-0.25, -0.2) is 12.8 Å². The van der Waals surface area contributed by atoms with Gasteiger partial charge in [0.15, 0.2) is 0 Å². The van der Waals surface area contributed by atoms with Crippen molar-refractivity contribution in [1.82, 2.24) is 14.5 Å². The van der Waals surface area contributed by atoms with E-state index >= 15 is 0 Å². The fourth-order valence-electron chi connectivity index (χ4n) is 2.67. The predicted molar refractivity (Wildman–Crippen MR) is 96.9 cm³/mol. The molecule has 0 amide bonds. The van der Waals surface area contributed by atoms with Crippen molar-refractivity contribution in [2.75, 3.05) is 0 Å². The van der Waals surface area contributed by atoms with Crippen LogP contribution in [0.1, 0.15) is 18.7 Å². The van der Waals surface area contributed by atoms with Gasteiger partial charge in [-0.05, 0) is 61.4 Å². The van der Waals surface area contributed by atoms with E-state index in [0.29, 0.717) is 10.6 Å². The van der Waals surface area contributed by atoms with Crippen LogP contribution in [0.2, 0.25) is 5.02 Å². The SMILES string of the molecule is O=S(=O)(c1ccc(F)cc1)N(Cc1nnc(-c2ccc(Cl)cc2)o1)C1CC1. The minimum atomic E-state index is -3.79. The molecule has 0 bridgehead atoms. The van der Waals surface area contributed by atoms with E-state index in [4.69, 9.17) is 16.0 Å². The molecule has 1 aromatic heterocycles. The summed E-state index contributed by atoms with van der Waals surface area (Å²) in [5.41, 5.74) is 0.692. The van der Waals surface area contributed by atoms with Crippen LogP contribution in [0.4, 0.5) is 4.39 Å². The molecular formula is C18H15ClFN3O3S. The Balaban J connectivity index is 1.59. The fourth-order valence-corrected chi connectivity index (χ4v) is 4.44. The van der Waals surface area contributed by atoms with Gasteiger partial charge < -0.3 is 4.42 Å². The monoisotopic (exact) mass is 407 g/mol. The Bertz CT molecular complexity index is 1050. The van der Waals surface area contributed by atoms with E-state index in [1.165, 1.54) is 16.4 Å². The van der Waals surface area contributed by atoms with Crippen molar-refractivity contribution >= 4 is 21.6 Å². The number of aromatic nitrogens is 2. The fraction of sp³-hybridized carbons (Fsp3) is 0.222. The highest BCUT2D eigenvalue weighted by atomic mass is 35.5. The van der Waals surface area contributed by atoms with Gasteiger partial charge >= 0.3 is 0 Å². The van der Waals surface area contributed by atoms with E-state index in [0.717, 1.165) is 25.0 Å². The molecule has 1 heterocycles. The van der Waals surface area contributed by atoms with Gasteiger partial charge in [-0.1, -0.05) is 11.6 Å². The molecule has 4 rings (SSSR count). The topological polar surface area (TPSA) is 76.3 Å².